The summed E-state index contributed by atoms with van der Waals surface area (Å²) in [5.41, 5.74) is 0.789. The Kier molecular flexibility index (Phi) is 6.36. The second-order valence-corrected chi connectivity index (χ2v) is 5.79. The zero-order valence-corrected chi connectivity index (χ0v) is 14.2. The van der Waals surface area contributed by atoms with E-state index in [1.165, 1.54) is 25.1 Å². The predicted molar refractivity (Wildman–Crippen MR) is 90.7 cm³/mol. The molecule has 1 amide bonds. The Morgan fingerprint density at radius 2 is 1.88 bits per heavy atom. The molecule has 0 saturated carbocycles. The lowest BCUT2D eigenvalue weighted by Crippen LogP contribution is -2.43. The summed E-state index contributed by atoms with van der Waals surface area (Å²) in [6.45, 7) is 0.987. The lowest BCUT2D eigenvalue weighted by Gasteiger charge is -2.26. The van der Waals surface area contributed by atoms with E-state index in [4.69, 9.17) is 16.3 Å². The molecule has 0 aromatic heterocycles. The van der Waals surface area contributed by atoms with E-state index >= 15 is 0 Å². The van der Waals surface area contributed by atoms with Crippen LogP contribution in [-0.4, -0.2) is 28.1 Å². The number of ether oxygens (including phenoxy) is 1. The molecular formula is C18H17ClFNO4. The van der Waals surface area contributed by atoms with Crippen molar-refractivity contribution in [3.05, 3.63) is 70.5 Å². The Labute approximate surface area is 149 Å². The van der Waals surface area contributed by atoms with Crippen LogP contribution in [0.5, 0.6) is 0 Å². The van der Waals surface area contributed by atoms with E-state index in [0.717, 1.165) is 10.5 Å². The highest BCUT2D eigenvalue weighted by Gasteiger charge is 2.28. The quantitative estimate of drug-likeness (QED) is 0.837. The number of amides is 1. The van der Waals surface area contributed by atoms with Crippen LogP contribution in [0.1, 0.15) is 18.1 Å². The summed E-state index contributed by atoms with van der Waals surface area (Å²) in [6.07, 6.45) is -0.863. The first-order valence-electron chi connectivity index (χ1n) is 7.53. The fourth-order valence-corrected chi connectivity index (χ4v) is 2.37. The van der Waals surface area contributed by atoms with E-state index < -0.39 is 23.9 Å². The molecular weight excluding hydrogens is 349 g/mol. The standard InChI is InChI=1S/C18H17ClFNO4/c1-12(17(22)23)21(10-14-15(19)8-5-9-16(14)20)18(24)25-11-13-6-3-2-4-7-13/h2-9,12H,10-11H2,1H3,(H,22,23). The van der Waals surface area contributed by atoms with Crippen molar-refractivity contribution in [1.29, 1.82) is 0 Å². The number of carboxylic acid groups (broad SMARTS) is 1. The summed E-state index contributed by atoms with van der Waals surface area (Å²) in [6, 6.07) is 11.8. The Bertz CT molecular complexity index is 734. The number of benzene rings is 2. The lowest BCUT2D eigenvalue weighted by molar-refractivity contribution is -0.142. The molecule has 0 radical (unpaired) electrons. The van der Waals surface area contributed by atoms with Crippen molar-refractivity contribution in [2.24, 2.45) is 0 Å². The zero-order valence-electron chi connectivity index (χ0n) is 13.5. The molecule has 0 aliphatic heterocycles. The number of halogens is 2. The Balaban J connectivity index is 2.17. The van der Waals surface area contributed by atoms with Crippen molar-refractivity contribution < 1.29 is 23.8 Å². The van der Waals surface area contributed by atoms with Gasteiger partial charge in [0.05, 0.1) is 6.54 Å². The minimum Gasteiger partial charge on any atom is -0.480 e. The van der Waals surface area contributed by atoms with E-state index in [0.29, 0.717) is 0 Å². The van der Waals surface area contributed by atoms with E-state index in [-0.39, 0.29) is 23.7 Å². The molecule has 7 heteroatoms. The zero-order chi connectivity index (χ0) is 18.4. The normalized spacial score (nSPS) is 11.6. The van der Waals surface area contributed by atoms with E-state index in [1.54, 1.807) is 24.3 Å². The van der Waals surface area contributed by atoms with Gasteiger partial charge in [0, 0.05) is 10.6 Å². The lowest BCUT2D eigenvalue weighted by atomic mass is 10.1. The first-order valence-corrected chi connectivity index (χ1v) is 7.91. The summed E-state index contributed by atoms with van der Waals surface area (Å²) in [5.74, 6) is -1.85. The number of nitrogens with zero attached hydrogens (tertiary/aromatic N) is 1. The summed E-state index contributed by atoms with van der Waals surface area (Å²) in [7, 11) is 0. The highest BCUT2D eigenvalue weighted by atomic mass is 35.5. The van der Waals surface area contributed by atoms with E-state index in [2.05, 4.69) is 0 Å². The first kappa shape index (κ1) is 18.7. The van der Waals surface area contributed by atoms with Crippen LogP contribution in [0.2, 0.25) is 5.02 Å². The van der Waals surface area contributed by atoms with Crippen LogP contribution >= 0.6 is 11.6 Å². The summed E-state index contributed by atoms with van der Waals surface area (Å²) < 4.78 is 19.2. The molecule has 0 saturated heterocycles. The molecule has 0 aliphatic rings. The van der Waals surface area contributed by atoms with Crippen LogP contribution < -0.4 is 0 Å². The van der Waals surface area contributed by atoms with Crippen molar-refractivity contribution in [3.8, 4) is 0 Å². The second kappa shape index (κ2) is 8.48. The molecule has 2 aromatic rings. The van der Waals surface area contributed by atoms with Crippen LogP contribution in [0.15, 0.2) is 48.5 Å². The molecule has 2 rings (SSSR count). The number of rotatable bonds is 6. The largest absolute Gasteiger partial charge is 0.480 e. The van der Waals surface area contributed by atoms with Gasteiger partial charge in [-0.1, -0.05) is 48.0 Å². The van der Waals surface area contributed by atoms with Gasteiger partial charge in [0.2, 0.25) is 0 Å². The molecule has 2 aromatic carbocycles. The maximum Gasteiger partial charge on any atom is 0.411 e. The Hall–Kier alpha value is -2.60. The van der Waals surface area contributed by atoms with Gasteiger partial charge in [-0.3, -0.25) is 4.90 Å². The van der Waals surface area contributed by atoms with Gasteiger partial charge in [0.25, 0.3) is 0 Å². The minimum absolute atomic E-state index is 0.0203. The number of carbonyl (C=O) groups is 2. The minimum atomic E-state index is -1.23. The van der Waals surface area contributed by atoms with Gasteiger partial charge >= 0.3 is 12.1 Å². The van der Waals surface area contributed by atoms with Gasteiger partial charge in [-0.2, -0.15) is 0 Å². The highest BCUT2D eigenvalue weighted by molar-refractivity contribution is 6.31. The van der Waals surface area contributed by atoms with Crippen LogP contribution in [0.4, 0.5) is 9.18 Å². The van der Waals surface area contributed by atoms with Gasteiger partial charge < -0.3 is 9.84 Å². The van der Waals surface area contributed by atoms with Gasteiger partial charge in [-0.05, 0) is 24.6 Å². The van der Waals surface area contributed by atoms with Crippen molar-refractivity contribution in [1.82, 2.24) is 4.90 Å². The third-order valence-corrected chi connectivity index (χ3v) is 4.01. The number of hydrogen-bond acceptors (Lipinski definition) is 3. The van der Waals surface area contributed by atoms with Gasteiger partial charge in [0.15, 0.2) is 0 Å². The average molecular weight is 366 g/mol. The number of carboxylic acids is 1. The van der Waals surface area contributed by atoms with Gasteiger partial charge in [0.1, 0.15) is 18.5 Å². The molecule has 1 unspecified atom stereocenters. The fraction of sp³-hybridized carbons (Fsp3) is 0.222. The molecule has 1 atom stereocenters. The second-order valence-electron chi connectivity index (χ2n) is 5.38. The van der Waals surface area contributed by atoms with Crippen LogP contribution in [-0.2, 0) is 22.7 Å². The smallest absolute Gasteiger partial charge is 0.411 e. The summed E-state index contributed by atoms with van der Waals surface area (Å²) in [5, 5.41) is 9.34. The number of aliphatic carboxylic acids is 1. The molecule has 0 spiro atoms. The third-order valence-electron chi connectivity index (χ3n) is 3.65. The van der Waals surface area contributed by atoms with E-state index in [1.807, 2.05) is 6.07 Å². The van der Waals surface area contributed by atoms with Crippen molar-refractivity contribution in [3.63, 3.8) is 0 Å². The molecule has 0 heterocycles. The average Bonchev–Trinajstić information content (AvgIpc) is 2.60. The molecule has 0 aliphatic carbocycles. The SMILES string of the molecule is CC(C(=O)O)N(Cc1c(F)cccc1Cl)C(=O)OCc1ccccc1. The van der Waals surface area contributed by atoms with Crippen LogP contribution in [0.3, 0.4) is 0 Å². The third kappa shape index (κ3) is 4.93. The molecule has 0 fully saturated rings. The van der Waals surface area contributed by atoms with Gasteiger partial charge in [-0.25, -0.2) is 14.0 Å². The molecule has 25 heavy (non-hydrogen) atoms. The topological polar surface area (TPSA) is 66.8 Å². The van der Waals surface area contributed by atoms with Crippen molar-refractivity contribution in [2.75, 3.05) is 0 Å². The van der Waals surface area contributed by atoms with Crippen LogP contribution in [0.25, 0.3) is 0 Å². The summed E-state index contributed by atoms with van der Waals surface area (Å²) >= 11 is 5.97. The van der Waals surface area contributed by atoms with Crippen LogP contribution in [0, 0.1) is 5.82 Å². The van der Waals surface area contributed by atoms with Crippen molar-refractivity contribution >= 4 is 23.7 Å². The van der Waals surface area contributed by atoms with Crippen molar-refractivity contribution in [2.45, 2.75) is 26.1 Å². The Morgan fingerprint density at radius 3 is 2.48 bits per heavy atom. The molecule has 1 N–H and O–H groups in total. The molecule has 132 valence electrons. The monoisotopic (exact) mass is 365 g/mol. The molecule has 5 nitrogen and oxygen atoms in total. The number of carbonyl (C=O) groups excluding carboxylic acids is 1. The fourth-order valence-electron chi connectivity index (χ4n) is 2.15. The van der Waals surface area contributed by atoms with Gasteiger partial charge in [-0.15, -0.1) is 0 Å². The Morgan fingerprint density at radius 1 is 1.20 bits per heavy atom. The molecule has 0 bridgehead atoms. The van der Waals surface area contributed by atoms with E-state index in [9.17, 15) is 19.1 Å². The first-order chi connectivity index (χ1) is 11.9. The summed E-state index contributed by atoms with van der Waals surface area (Å²) in [4.78, 5) is 24.6. The maximum atomic E-state index is 14.0. The number of hydrogen-bond donors (Lipinski definition) is 1. The maximum absolute atomic E-state index is 14.0. The highest BCUT2D eigenvalue weighted by Crippen LogP contribution is 2.22. The predicted octanol–water partition coefficient (Wildman–Crippen LogP) is 4.09.